The van der Waals surface area contributed by atoms with Crippen LogP contribution in [0.4, 0.5) is 11.7 Å². The minimum Gasteiger partial charge on any atom is -0.423 e. The predicted octanol–water partition coefficient (Wildman–Crippen LogP) is 2.37. The van der Waals surface area contributed by atoms with Gasteiger partial charge in [-0.15, -0.1) is 0 Å². The van der Waals surface area contributed by atoms with Crippen LogP contribution in [0.1, 0.15) is 17.0 Å². The Kier molecular flexibility index (Phi) is 2.85. The smallest absolute Gasteiger partial charge is 0.295 e. The number of nitrogens with one attached hydrogen (secondary N) is 1. The lowest BCUT2D eigenvalue weighted by molar-refractivity contribution is 0.614. The van der Waals surface area contributed by atoms with Crippen molar-refractivity contribution in [2.45, 2.75) is 20.4 Å². The van der Waals surface area contributed by atoms with Crippen molar-refractivity contribution in [2.75, 3.05) is 11.1 Å². The zero-order valence-corrected chi connectivity index (χ0v) is 11.8. The Balaban J connectivity index is 1.83. The zero-order chi connectivity index (χ0) is 14.3. The monoisotopic (exact) mass is 271 g/mol. The normalized spacial score (nSPS) is 11.2. The summed E-state index contributed by atoms with van der Waals surface area (Å²) in [6.45, 7) is 4.67. The van der Waals surface area contributed by atoms with Gasteiger partial charge in [0.05, 0.1) is 5.69 Å². The molecule has 2 aromatic heterocycles. The van der Waals surface area contributed by atoms with Gasteiger partial charge >= 0.3 is 0 Å². The predicted molar refractivity (Wildman–Crippen MR) is 78.4 cm³/mol. The molecular formula is C14H17N5O. The van der Waals surface area contributed by atoms with Gasteiger partial charge in [-0.3, -0.25) is 4.68 Å². The van der Waals surface area contributed by atoms with Crippen LogP contribution in [0.25, 0.3) is 11.1 Å². The molecule has 0 amide bonds. The molecule has 0 atom stereocenters. The number of aromatic nitrogens is 3. The molecule has 0 saturated carbocycles. The molecule has 3 rings (SSSR count). The molecule has 0 spiro atoms. The summed E-state index contributed by atoms with van der Waals surface area (Å²) in [5.74, 6) is 0. The van der Waals surface area contributed by atoms with Gasteiger partial charge < -0.3 is 15.5 Å². The van der Waals surface area contributed by atoms with Crippen molar-refractivity contribution in [1.82, 2.24) is 14.8 Å². The topological polar surface area (TPSA) is 81.9 Å². The molecule has 0 radical (unpaired) electrons. The Morgan fingerprint density at radius 3 is 2.85 bits per heavy atom. The quantitative estimate of drug-likeness (QED) is 0.715. The molecule has 0 aliphatic carbocycles. The van der Waals surface area contributed by atoms with Gasteiger partial charge in [0.1, 0.15) is 5.52 Å². The van der Waals surface area contributed by atoms with Gasteiger partial charge in [0.2, 0.25) is 0 Å². The minimum atomic E-state index is 0.494. The molecule has 6 nitrogen and oxygen atoms in total. The molecule has 0 aliphatic rings. The highest BCUT2D eigenvalue weighted by molar-refractivity contribution is 5.78. The summed E-state index contributed by atoms with van der Waals surface area (Å²) in [5, 5.41) is 7.58. The van der Waals surface area contributed by atoms with Crippen LogP contribution in [0, 0.1) is 13.8 Å². The first-order chi connectivity index (χ1) is 9.54. The van der Waals surface area contributed by atoms with Crippen LogP contribution in [0.2, 0.25) is 0 Å². The van der Waals surface area contributed by atoms with E-state index in [1.807, 2.05) is 37.7 Å². The second-order valence-corrected chi connectivity index (χ2v) is 4.87. The summed E-state index contributed by atoms with van der Waals surface area (Å²) >= 11 is 0. The van der Waals surface area contributed by atoms with Gasteiger partial charge in [0, 0.05) is 36.6 Å². The van der Waals surface area contributed by atoms with Crippen LogP contribution in [-0.4, -0.2) is 14.8 Å². The van der Waals surface area contributed by atoms with E-state index < -0.39 is 0 Å². The maximum atomic E-state index is 5.72. The molecule has 104 valence electrons. The number of nitrogens with two attached hydrogens (primary N) is 1. The van der Waals surface area contributed by atoms with Crippen molar-refractivity contribution in [2.24, 2.45) is 7.05 Å². The fourth-order valence-electron chi connectivity index (χ4n) is 2.25. The Labute approximate surface area is 116 Å². The van der Waals surface area contributed by atoms with E-state index in [0.717, 1.165) is 22.5 Å². The van der Waals surface area contributed by atoms with Crippen LogP contribution in [0.3, 0.4) is 0 Å². The van der Waals surface area contributed by atoms with E-state index in [1.165, 1.54) is 0 Å². The van der Waals surface area contributed by atoms with Crippen molar-refractivity contribution < 1.29 is 4.42 Å². The van der Waals surface area contributed by atoms with E-state index in [9.17, 15) is 0 Å². The van der Waals surface area contributed by atoms with E-state index in [-0.39, 0.29) is 0 Å². The first-order valence-corrected chi connectivity index (χ1v) is 6.43. The molecular weight excluding hydrogens is 254 g/mol. The first-order valence-electron chi connectivity index (χ1n) is 6.43. The number of nitrogens with zero attached hydrogens (tertiary/aromatic N) is 3. The average Bonchev–Trinajstić information content (AvgIpc) is 2.89. The Bertz CT molecular complexity index is 771. The van der Waals surface area contributed by atoms with Gasteiger partial charge in [-0.2, -0.15) is 10.1 Å². The van der Waals surface area contributed by atoms with Gasteiger partial charge in [-0.25, -0.2) is 0 Å². The zero-order valence-electron chi connectivity index (χ0n) is 11.8. The lowest BCUT2D eigenvalue weighted by Crippen LogP contribution is -2.02. The summed E-state index contributed by atoms with van der Waals surface area (Å²) in [7, 11) is 1.94. The second-order valence-electron chi connectivity index (χ2n) is 4.87. The van der Waals surface area contributed by atoms with Crippen molar-refractivity contribution in [3.05, 3.63) is 35.2 Å². The highest BCUT2D eigenvalue weighted by atomic mass is 16.4. The largest absolute Gasteiger partial charge is 0.423 e. The number of benzene rings is 1. The third kappa shape index (κ3) is 2.09. The van der Waals surface area contributed by atoms with Crippen LogP contribution in [0.5, 0.6) is 0 Å². The summed E-state index contributed by atoms with van der Waals surface area (Å²) < 4.78 is 7.50. The fourth-order valence-corrected chi connectivity index (χ4v) is 2.25. The number of oxazole rings is 1. The van der Waals surface area contributed by atoms with E-state index >= 15 is 0 Å². The second kappa shape index (κ2) is 4.56. The molecule has 6 heteroatoms. The van der Waals surface area contributed by atoms with E-state index in [1.54, 1.807) is 6.07 Å². The molecule has 3 aromatic rings. The molecule has 0 aliphatic heterocycles. The van der Waals surface area contributed by atoms with E-state index in [4.69, 9.17) is 10.2 Å². The summed E-state index contributed by atoms with van der Waals surface area (Å²) in [6, 6.07) is 5.92. The van der Waals surface area contributed by atoms with E-state index in [2.05, 4.69) is 15.4 Å². The summed E-state index contributed by atoms with van der Waals surface area (Å²) in [5.41, 5.74) is 11.2. The number of anilines is 2. The SMILES string of the molecule is Cc1nn(C)c(C)c1CNc1nc2ccc(N)cc2o1. The van der Waals surface area contributed by atoms with Crippen molar-refractivity contribution in [3.63, 3.8) is 0 Å². The number of aryl methyl sites for hydroxylation is 2. The van der Waals surface area contributed by atoms with Crippen molar-refractivity contribution >= 4 is 22.8 Å². The lowest BCUT2D eigenvalue weighted by Gasteiger charge is -2.02. The van der Waals surface area contributed by atoms with Gasteiger partial charge in [0.15, 0.2) is 5.58 Å². The average molecular weight is 271 g/mol. The molecule has 20 heavy (non-hydrogen) atoms. The lowest BCUT2D eigenvalue weighted by atomic mass is 10.2. The highest BCUT2D eigenvalue weighted by Crippen LogP contribution is 2.22. The number of rotatable bonds is 3. The fraction of sp³-hybridized carbons (Fsp3) is 0.286. The third-order valence-corrected chi connectivity index (χ3v) is 3.49. The maximum absolute atomic E-state index is 5.72. The molecule has 0 bridgehead atoms. The van der Waals surface area contributed by atoms with E-state index in [0.29, 0.717) is 23.8 Å². The molecule has 2 heterocycles. The van der Waals surface area contributed by atoms with Gasteiger partial charge in [-0.1, -0.05) is 0 Å². The number of hydrogen-bond donors (Lipinski definition) is 2. The van der Waals surface area contributed by atoms with Crippen molar-refractivity contribution in [1.29, 1.82) is 0 Å². The van der Waals surface area contributed by atoms with Gasteiger partial charge in [-0.05, 0) is 26.0 Å². The van der Waals surface area contributed by atoms with Crippen molar-refractivity contribution in [3.8, 4) is 0 Å². The molecule has 0 fully saturated rings. The molecule has 0 unspecified atom stereocenters. The summed E-state index contributed by atoms with van der Waals surface area (Å²) in [6.07, 6.45) is 0. The maximum Gasteiger partial charge on any atom is 0.295 e. The summed E-state index contributed by atoms with van der Waals surface area (Å²) in [4.78, 5) is 4.37. The van der Waals surface area contributed by atoms with Gasteiger partial charge in [0.25, 0.3) is 6.01 Å². The Morgan fingerprint density at radius 2 is 2.15 bits per heavy atom. The third-order valence-electron chi connectivity index (χ3n) is 3.49. The molecule has 3 N–H and O–H groups in total. The minimum absolute atomic E-state index is 0.494. The Hall–Kier alpha value is -2.50. The number of nitrogen functional groups attached to an aromatic ring is 1. The highest BCUT2D eigenvalue weighted by Gasteiger charge is 2.11. The number of hydrogen-bond acceptors (Lipinski definition) is 5. The number of fused-ring (bicyclic) bond motifs is 1. The molecule has 1 aromatic carbocycles. The van der Waals surface area contributed by atoms with Crippen LogP contribution in [-0.2, 0) is 13.6 Å². The standard InChI is InChI=1S/C14H17N5O/c1-8-11(9(2)19(3)18-8)7-16-14-17-12-5-4-10(15)6-13(12)20-14/h4-6H,7,15H2,1-3H3,(H,16,17). The molecule has 0 saturated heterocycles. The van der Waals surface area contributed by atoms with Crippen LogP contribution >= 0.6 is 0 Å². The van der Waals surface area contributed by atoms with Crippen LogP contribution < -0.4 is 11.1 Å². The Morgan fingerprint density at radius 1 is 1.35 bits per heavy atom. The van der Waals surface area contributed by atoms with Crippen LogP contribution in [0.15, 0.2) is 22.6 Å². The first kappa shape index (κ1) is 12.5.